The Kier molecular flexibility index (Phi) is 4.48. The zero-order valence-electron chi connectivity index (χ0n) is 14.2. The standard InChI is InChI=1S/C20H19FN4O/c21-17-3-1-2-15(10-17)16-4-5-19-24-18(13-25(19)12-16)20(26)23-11-14-6-8-22-9-7-14/h1-3,6-10,13,16H,4-5,11-12H2,(H,23,26). The fourth-order valence-electron chi connectivity index (χ4n) is 3.36. The lowest BCUT2D eigenvalue weighted by Gasteiger charge is -2.24. The van der Waals surface area contributed by atoms with E-state index < -0.39 is 0 Å². The van der Waals surface area contributed by atoms with Crippen molar-refractivity contribution >= 4 is 5.91 Å². The normalized spacial score (nSPS) is 16.1. The summed E-state index contributed by atoms with van der Waals surface area (Å²) in [6, 6.07) is 10.5. The Bertz CT molecular complexity index is 923. The molecule has 4 rings (SSSR count). The molecule has 3 heterocycles. The second kappa shape index (κ2) is 7.07. The van der Waals surface area contributed by atoms with E-state index in [0.717, 1.165) is 29.8 Å². The minimum atomic E-state index is -0.213. The number of carbonyl (C=O) groups excluding carboxylic acids is 1. The number of halogens is 1. The number of hydrogen-bond acceptors (Lipinski definition) is 3. The molecule has 1 atom stereocenters. The lowest BCUT2D eigenvalue weighted by molar-refractivity contribution is 0.0946. The number of nitrogens with zero attached hydrogens (tertiary/aromatic N) is 3. The number of amides is 1. The van der Waals surface area contributed by atoms with Gasteiger partial charge in [-0.1, -0.05) is 12.1 Å². The number of hydrogen-bond donors (Lipinski definition) is 1. The largest absolute Gasteiger partial charge is 0.347 e. The summed E-state index contributed by atoms with van der Waals surface area (Å²) in [5.41, 5.74) is 2.41. The number of aryl methyl sites for hydroxylation is 1. The molecule has 2 aromatic heterocycles. The van der Waals surface area contributed by atoms with Crippen LogP contribution in [0.4, 0.5) is 4.39 Å². The Balaban J connectivity index is 1.44. The second-order valence-electron chi connectivity index (χ2n) is 6.52. The molecule has 0 spiro atoms. The molecule has 1 aliphatic rings. The molecule has 1 amide bonds. The molecular formula is C20H19FN4O. The van der Waals surface area contributed by atoms with Gasteiger partial charge < -0.3 is 9.88 Å². The molecule has 0 radical (unpaired) electrons. The molecule has 132 valence electrons. The predicted molar refractivity (Wildman–Crippen MR) is 95.1 cm³/mol. The van der Waals surface area contributed by atoms with Crippen LogP contribution in [-0.2, 0) is 19.5 Å². The molecular weight excluding hydrogens is 331 g/mol. The molecule has 3 aromatic rings. The van der Waals surface area contributed by atoms with Crippen LogP contribution in [0.25, 0.3) is 0 Å². The topological polar surface area (TPSA) is 59.8 Å². The van der Waals surface area contributed by atoms with Crippen molar-refractivity contribution in [3.63, 3.8) is 0 Å². The van der Waals surface area contributed by atoms with E-state index in [4.69, 9.17) is 0 Å². The van der Waals surface area contributed by atoms with Crippen LogP contribution in [-0.4, -0.2) is 20.4 Å². The summed E-state index contributed by atoms with van der Waals surface area (Å²) in [5.74, 6) is 0.743. The molecule has 0 bridgehead atoms. The Labute approximate surface area is 150 Å². The summed E-state index contributed by atoms with van der Waals surface area (Å²) in [6.45, 7) is 1.15. The minimum Gasteiger partial charge on any atom is -0.347 e. The van der Waals surface area contributed by atoms with Crippen LogP contribution in [0.3, 0.4) is 0 Å². The number of pyridine rings is 1. The van der Waals surface area contributed by atoms with Gasteiger partial charge in [0.1, 0.15) is 17.3 Å². The molecule has 0 aliphatic carbocycles. The molecule has 5 nitrogen and oxygen atoms in total. The molecule has 1 aromatic carbocycles. The Morgan fingerprint density at radius 1 is 1.27 bits per heavy atom. The maximum Gasteiger partial charge on any atom is 0.271 e. The number of carbonyl (C=O) groups is 1. The molecule has 1 unspecified atom stereocenters. The minimum absolute atomic E-state index is 0.189. The SMILES string of the molecule is O=C(NCc1ccncc1)c1cn2c(n1)CCC(c1cccc(F)c1)C2. The number of rotatable bonds is 4. The smallest absolute Gasteiger partial charge is 0.271 e. The maximum absolute atomic E-state index is 13.5. The van der Waals surface area contributed by atoms with Gasteiger partial charge in [0.15, 0.2) is 0 Å². The predicted octanol–water partition coefficient (Wildman–Crippen LogP) is 3.08. The molecule has 1 aliphatic heterocycles. The van der Waals surface area contributed by atoms with Crippen LogP contribution in [0.15, 0.2) is 55.0 Å². The van der Waals surface area contributed by atoms with Gasteiger partial charge in [0.05, 0.1) is 0 Å². The van der Waals surface area contributed by atoms with Gasteiger partial charge in [-0.15, -0.1) is 0 Å². The molecule has 0 fully saturated rings. The van der Waals surface area contributed by atoms with Gasteiger partial charge >= 0.3 is 0 Å². The monoisotopic (exact) mass is 350 g/mol. The summed E-state index contributed by atoms with van der Waals surface area (Å²) in [5, 5.41) is 2.88. The van der Waals surface area contributed by atoms with E-state index in [2.05, 4.69) is 15.3 Å². The van der Waals surface area contributed by atoms with Crippen LogP contribution < -0.4 is 5.32 Å². The molecule has 6 heteroatoms. The second-order valence-corrected chi connectivity index (χ2v) is 6.52. The van der Waals surface area contributed by atoms with Crippen molar-refractivity contribution in [2.75, 3.05) is 0 Å². The third-order valence-corrected chi connectivity index (χ3v) is 4.75. The summed E-state index contributed by atoms with van der Waals surface area (Å²) < 4.78 is 15.5. The van der Waals surface area contributed by atoms with Crippen LogP contribution in [0.1, 0.15) is 39.8 Å². The molecule has 26 heavy (non-hydrogen) atoms. The summed E-state index contributed by atoms with van der Waals surface area (Å²) in [6.07, 6.45) is 6.87. The Morgan fingerprint density at radius 2 is 2.12 bits per heavy atom. The van der Waals surface area contributed by atoms with Crippen LogP contribution in [0, 0.1) is 5.82 Å². The van der Waals surface area contributed by atoms with E-state index in [1.807, 2.05) is 22.8 Å². The number of imidazole rings is 1. The van der Waals surface area contributed by atoms with Crippen molar-refractivity contribution < 1.29 is 9.18 Å². The Hall–Kier alpha value is -3.02. The Morgan fingerprint density at radius 3 is 2.92 bits per heavy atom. The zero-order chi connectivity index (χ0) is 17.9. The van der Waals surface area contributed by atoms with Gasteiger partial charge in [-0.25, -0.2) is 9.37 Å². The van der Waals surface area contributed by atoms with E-state index in [1.165, 1.54) is 6.07 Å². The molecule has 1 N–H and O–H groups in total. The average Bonchev–Trinajstić information content (AvgIpc) is 3.10. The van der Waals surface area contributed by atoms with Crippen LogP contribution in [0.5, 0.6) is 0 Å². The van der Waals surface area contributed by atoms with Gasteiger partial charge in [0.25, 0.3) is 5.91 Å². The van der Waals surface area contributed by atoms with E-state index in [9.17, 15) is 9.18 Å². The third kappa shape index (κ3) is 3.49. The number of aromatic nitrogens is 3. The fourth-order valence-corrected chi connectivity index (χ4v) is 3.36. The van der Waals surface area contributed by atoms with Crippen molar-refractivity contribution in [3.05, 3.63) is 83.5 Å². The highest BCUT2D eigenvalue weighted by atomic mass is 19.1. The lowest BCUT2D eigenvalue weighted by atomic mass is 9.91. The van der Waals surface area contributed by atoms with Crippen molar-refractivity contribution in [1.82, 2.24) is 19.9 Å². The quantitative estimate of drug-likeness (QED) is 0.787. The maximum atomic E-state index is 13.5. The highest BCUT2D eigenvalue weighted by Crippen LogP contribution is 2.29. The first-order chi connectivity index (χ1) is 12.7. The van der Waals surface area contributed by atoms with Crippen molar-refractivity contribution in [3.8, 4) is 0 Å². The van der Waals surface area contributed by atoms with Crippen LogP contribution >= 0.6 is 0 Å². The number of benzene rings is 1. The average molecular weight is 350 g/mol. The van der Waals surface area contributed by atoms with Crippen LogP contribution in [0.2, 0.25) is 0 Å². The first kappa shape index (κ1) is 16.4. The third-order valence-electron chi connectivity index (χ3n) is 4.75. The molecule has 0 saturated carbocycles. The van der Waals surface area contributed by atoms with Gasteiger partial charge in [-0.2, -0.15) is 0 Å². The highest BCUT2D eigenvalue weighted by Gasteiger charge is 2.23. The van der Waals surface area contributed by atoms with E-state index in [1.54, 1.807) is 30.7 Å². The van der Waals surface area contributed by atoms with Gasteiger partial charge in [0, 0.05) is 44.0 Å². The highest BCUT2D eigenvalue weighted by molar-refractivity contribution is 5.92. The summed E-state index contributed by atoms with van der Waals surface area (Å²) in [4.78, 5) is 20.8. The first-order valence-electron chi connectivity index (χ1n) is 8.67. The lowest BCUT2D eigenvalue weighted by Crippen LogP contribution is -2.23. The van der Waals surface area contributed by atoms with Gasteiger partial charge in [-0.3, -0.25) is 9.78 Å². The fraction of sp³-hybridized carbons (Fsp3) is 0.250. The number of fused-ring (bicyclic) bond motifs is 1. The summed E-state index contributed by atoms with van der Waals surface area (Å²) >= 11 is 0. The van der Waals surface area contributed by atoms with Crippen molar-refractivity contribution in [2.24, 2.45) is 0 Å². The molecule has 0 saturated heterocycles. The van der Waals surface area contributed by atoms with E-state index >= 15 is 0 Å². The number of nitrogens with one attached hydrogen (secondary N) is 1. The first-order valence-corrected chi connectivity index (χ1v) is 8.67. The van der Waals surface area contributed by atoms with Gasteiger partial charge in [-0.05, 0) is 41.8 Å². The van der Waals surface area contributed by atoms with Crippen molar-refractivity contribution in [2.45, 2.75) is 31.8 Å². The van der Waals surface area contributed by atoms with E-state index in [-0.39, 0.29) is 17.6 Å². The van der Waals surface area contributed by atoms with Crippen molar-refractivity contribution in [1.29, 1.82) is 0 Å². The van der Waals surface area contributed by atoms with E-state index in [0.29, 0.717) is 18.8 Å². The van der Waals surface area contributed by atoms with Gasteiger partial charge in [0.2, 0.25) is 0 Å². The summed E-state index contributed by atoms with van der Waals surface area (Å²) in [7, 11) is 0. The zero-order valence-corrected chi connectivity index (χ0v) is 14.2.